The second kappa shape index (κ2) is 7.86. The monoisotopic (exact) mass is 266 g/mol. The predicted molar refractivity (Wildman–Crippen MR) is 73.2 cm³/mol. The molecule has 0 unspecified atom stereocenters. The summed E-state index contributed by atoms with van der Waals surface area (Å²) in [5.74, 6) is -0.450. The maximum Gasteiger partial charge on any atom is 0.354 e. The lowest BCUT2D eigenvalue weighted by molar-refractivity contribution is 0.0689. The largest absolute Gasteiger partial charge is 0.477 e. The lowest BCUT2D eigenvalue weighted by atomic mass is 10.2. The summed E-state index contributed by atoms with van der Waals surface area (Å²) in [6, 6.07) is 5.09. The molecule has 0 saturated heterocycles. The number of methoxy groups -OCH3 is 1. The van der Waals surface area contributed by atoms with Crippen molar-refractivity contribution in [3.05, 3.63) is 29.6 Å². The van der Waals surface area contributed by atoms with E-state index in [1.165, 1.54) is 6.07 Å². The zero-order chi connectivity index (χ0) is 14.3. The molecule has 0 fully saturated rings. The van der Waals surface area contributed by atoms with Crippen LogP contribution in [0.3, 0.4) is 0 Å². The van der Waals surface area contributed by atoms with Gasteiger partial charge in [-0.1, -0.05) is 19.9 Å². The molecule has 0 saturated carbocycles. The van der Waals surface area contributed by atoms with Gasteiger partial charge in [-0.3, -0.25) is 4.90 Å². The van der Waals surface area contributed by atoms with Gasteiger partial charge >= 0.3 is 5.97 Å². The van der Waals surface area contributed by atoms with E-state index in [1.54, 1.807) is 13.2 Å². The van der Waals surface area contributed by atoms with E-state index in [4.69, 9.17) is 9.84 Å². The van der Waals surface area contributed by atoms with Gasteiger partial charge in [0.25, 0.3) is 0 Å². The quantitative estimate of drug-likeness (QED) is 0.778. The fourth-order valence-electron chi connectivity index (χ4n) is 1.89. The minimum atomic E-state index is -0.992. The van der Waals surface area contributed by atoms with E-state index in [2.05, 4.69) is 23.7 Å². The number of hydrogen-bond acceptors (Lipinski definition) is 4. The summed E-state index contributed by atoms with van der Waals surface area (Å²) in [4.78, 5) is 17.3. The third kappa shape index (κ3) is 5.81. The highest BCUT2D eigenvalue weighted by Gasteiger charge is 2.11. The van der Waals surface area contributed by atoms with Crippen LogP contribution in [0.1, 0.15) is 30.0 Å². The van der Waals surface area contributed by atoms with Crippen LogP contribution in [0.25, 0.3) is 0 Å². The van der Waals surface area contributed by atoms with Crippen molar-refractivity contribution >= 4 is 5.97 Å². The number of pyridine rings is 1. The average molecular weight is 266 g/mol. The van der Waals surface area contributed by atoms with Crippen LogP contribution < -0.4 is 0 Å². The minimum Gasteiger partial charge on any atom is -0.477 e. The van der Waals surface area contributed by atoms with Crippen molar-refractivity contribution in [1.29, 1.82) is 0 Å². The average Bonchev–Trinajstić information content (AvgIpc) is 2.35. The van der Waals surface area contributed by atoms with Gasteiger partial charge in [-0.25, -0.2) is 9.78 Å². The molecule has 1 aromatic heterocycles. The van der Waals surface area contributed by atoms with Gasteiger partial charge in [0.15, 0.2) is 0 Å². The predicted octanol–water partition coefficient (Wildman–Crippen LogP) is 1.88. The number of ether oxygens (including phenoxy) is 1. The zero-order valence-electron chi connectivity index (χ0n) is 11.8. The fraction of sp³-hybridized carbons (Fsp3) is 0.571. The number of hydrogen-bond donors (Lipinski definition) is 1. The first-order valence-corrected chi connectivity index (χ1v) is 6.43. The van der Waals surface area contributed by atoms with Gasteiger partial charge in [0, 0.05) is 26.7 Å². The van der Waals surface area contributed by atoms with Crippen LogP contribution in [0, 0.1) is 5.92 Å². The van der Waals surface area contributed by atoms with Crippen molar-refractivity contribution < 1.29 is 14.6 Å². The molecule has 1 rings (SSSR count). The second-order valence-corrected chi connectivity index (χ2v) is 4.94. The molecule has 0 spiro atoms. The minimum absolute atomic E-state index is 0.0914. The molecule has 1 N–H and O–H groups in total. The molecule has 19 heavy (non-hydrogen) atoms. The number of carbonyl (C=O) groups is 1. The summed E-state index contributed by atoms with van der Waals surface area (Å²) in [5.41, 5.74) is 0.866. The van der Waals surface area contributed by atoms with E-state index in [1.807, 2.05) is 6.07 Å². The van der Waals surface area contributed by atoms with Crippen molar-refractivity contribution in [1.82, 2.24) is 9.88 Å². The van der Waals surface area contributed by atoms with E-state index < -0.39 is 5.97 Å². The Balaban J connectivity index is 2.71. The van der Waals surface area contributed by atoms with E-state index in [0.717, 1.165) is 18.8 Å². The Bertz CT molecular complexity index is 407. The topological polar surface area (TPSA) is 62.7 Å². The number of aromatic nitrogens is 1. The molecule has 0 aromatic carbocycles. The van der Waals surface area contributed by atoms with Crippen LogP contribution in [0.4, 0.5) is 0 Å². The Labute approximate surface area is 114 Å². The first-order chi connectivity index (χ1) is 9.02. The molecule has 0 bridgehead atoms. The highest BCUT2D eigenvalue weighted by Crippen LogP contribution is 2.07. The normalized spacial score (nSPS) is 11.2. The van der Waals surface area contributed by atoms with Gasteiger partial charge in [0.2, 0.25) is 0 Å². The molecule has 1 aromatic rings. The standard InChI is InChI=1S/C14H22N2O3/c1-11(2)9-16(7-8-19-3)10-12-5-4-6-13(15-12)14(17)18/h4-6,11H,7-10H2,1-3H3,(H,17,18). The Kier molecular flexibility index (Phi) is 6.45. The molecule has 5 nitrogen and oxygen atoms in total. The number of aromatic carboxylic acids is 1. The lowest BCUT2D eigenvalue weighted by Crippen LogP contribution is -2.31. The smallest absolute Gasteiger partial charge is 0.354 e. The van der Waals surface area contributed by atoms with Crippen LogP contribution >= 0.6 is 0 Å². The van der Waals surface area contributed by atoms with E-state index >= 15 is 0 Å². The van der Waals surface area contributed by atoms with Gasteiger partial charge in [-0.15, -0.1) is 0 Å². The van der Waals surface area contributed by atoms with Crippen molar-refractivity contribution in [3.8, 4) is 0 Å². The van der Waals surface area contributed by atoms with Crippen molar-refractivity contribution in [2.45, 2.75) is 20.4 Å². The number of carboxylic acid groups (broad SMARTS) is 1. The summed E-state index contributed by atoms with van der Waals surface area (Å²) >= 11 is 0. The first-order valence-electron chi connectivity index (χ1n) is 6.43. The Hall–Kier alpha value is -1.46. The van der Waals surface area contributed by atoms with Crippen LogP contribution in [0.5, 0.6) is 0 Å². The van der Waals surface area contributed by atoms with E-state index in [0.29, 0.717) is 19.1 Å². The van der Waals surface area contributed by atoms with Crippen LogP contribution in [0.15, 0.2) is 18.2 Å². The molecule has 0 aliphatic carbocycles. The van der Waals surface area contributed by atoms with Gasteiger partial charge < -0.3 is 9.84 Å². The summed E-state index contributed by atoms with van der Waals surface area (Å²) in [6.07, 6.45) is 0. The summed E-state index contributed by atoms with van der Waals surface area (Å²) in [6.45, 7) is 7.35. The van der Waals surface area contributed by atoms with Crippen LogP contribution in [0.2, 0.25) is 0 Å². The zero-order valence-corrected chi connectivity index (χ0v) is 11.8. The molecule has 1 heterocycles. The number of carboxylic acids is 1. The van der Waals surface area contributed by atoms with Crippen molar-refractivity contribution in [3.63, 3.8) is 0 Å². The molecular weight excluding hydrogens is 244 g/mol. The molecule has 5 heteroatoms. The van der Waals surface area contributed by atoms with Gasteiger partial charge in [-0.2, -0.15) is 0 Å². The van der Waals surface area contributed by atoms with Crippen LogP contribution in [-0.4, -0.2) is 47.8 Å². The number of nitrogens with zero attached hydrogens (tertiary/aromatic N) is 2. The molecule has 0 amide bonds. The van der Waals surface area contributed by atoms with E-state index in [-0.39, 0.29) is 5.69 Å². The third-order valence-electron chi connectivity index (χ3n) is 2.65. The van der Waals surface area contributed by atoms with Crippen molar-refractivity contribution in [2.24, 2.45) is 5.92 Å². The summed E-state index contributed by atoms with van der Waals surface area (Å²) < 4.78 is 5.10. The molecule has 0 aliphatic rings. The second-order valence-electron chi connectivity index (χ2n) is 4.94. The lowest BCUT2D eigenvalue weighted by Gasteiger charge is -2.23. The highest BCUT2D eigenvalue weighted by molar-refractivity contribution is 5.85. The van der Waals surface area contributed by atoms with Gasteiger partial charge in [0.1, 0.15) is 5.69 Å². The van der Waals surface area contributed by atoms with E-state index in [9.17, 15) is 4.79 Å². The number of rotatable bonds is 8. The summed E-state index contributed by atoms with van der Waals surface area (Å²) in [5, 5.41) is 8.93. The maximum atomic E-state index is 10.9. The van der Waals surface area contributed by atoms with Gasteiger partial charge in [-0.05, 0) is 18.1 Å². The fourth-order valence-corrected chi connectivity index (χ4v) is 1.89. The van der Waals surface area contributed by atoms with Crippen molar-refractivity contribution in [2.75, 3.05) is 26.8 Å². The Morgan fingerprint density at radius 2 is 2.21 bits per heavy atom. The highest BCUT2D eigenvalue weighted by atomic mass is 16.5. The Morgan fingerprint density at radius 1 is 1.47 bits per heavy atom. The SMILES string of the molecule is COCCN(Cc1cccc(C(=O)O)n1)CC(C)C. The molecule has 0 aliphatic heterocycles. The summed E-state index contributed by atoms with van der Waals surface area (Å²) in [7, 11) is 1.68. The molecule has 0 radical (unpaired) electrons. The first kappa shape index (κ1) is 15.6. The van der Waals surface area contributed by atoms with Gasteiger partial charge in [0.05, 0.1) is 12.3 Å². The van der Waals surface area contributed by atoms with Crippen LogP contribution in [-0.2, 0) is 11.3 Å². The maximum absolute atomic E-state index is 10.9. The Morgan fingerprint density at radius 3 is 2.79 bits per heavy atom. The molecule has 106 valence electrons. The molecular formula is C14H22N2O3. The molecule has 0 atom stereocenters. The third-order valence-corrected chi connectivity index (χ3v) is 2.65.